The van der Waals surface area contributed by atoms with E-state index < -0.39 is 36.3 Å². The average Bonchev–Trinajstić information content (AvgIpc) is 2.26. The van der Waals surface area contributed by atoms with E-state index in [2.05, 4.69) is 4.98 Å². The summed E-state index contributed by atoms with van der Waals surface area (Å²) in [5.74, 6) is -0.839. The second-order valence-electron chi connectivity index (χ2n) is 3.65. The summed E-state index contributed by atoms with van der Waals surface area (Å²) in [6, 6.07) is 1.65. The molecule has 1 heterocycles. The molecule has 100 valence electrons. The van der Waals surface area contributed by atoms with Crippen molar-refractivity contribution in [1.29, 1.82) is 0 Å². The Labute approximate surface area is 100 Å². The van der Waals surface area contributed by atoms with Crippen molar-refractivity contribution in [3.63, 3.8) is 0 Å². The number of pyridine rings is 1. The van der Waals surface area contributed by atoms with Crippen LogP contribution in [0.5, 0.6) is 0 Å². The van der Waals surface area contributed by atoms with Gasteiger partial charge in [0.2, 0.25) is 5.91 Å². The predicted octanol–water partition coefficient (Wildman–Crippen LogP) is 0.370. The van der Waals surface area contributed by atoms with Crippen LogP contribution < -0.4 is 5.73 Å². The van der Waals surface area contributed by atoms with Crippen LogP contribution in [0.15, 0.2) is 18.3 Å². The van der Waals surface area contributed by atoms with E-state index in [1.165, 1.54) is 0 Å². The molecule has 0 aliphatic rings. The molecular formula is C10H11F3N2O3. The molecule has 0 saturated heterocycles. The molecule has 0 fully saturated rings. The fourth-order valence-electron chi connectivity index (χ4n) is 1.26. The Hall–Kier alpha value is -1.67. The number of rotatable bonds is 4. The summed E-state index contributed by atoms with van der Waals surface area (Å²) in [5, 5.41) is 18.9. The smallest absolute Gasteiger partial charge is 0.389 e. The zero-order chi connectivity index (χ0) is 13.9. The van der Waals surface area contributed by atoms with Gasteiger partial charge in [-0.05, 0) is 12.1 Å². The number of hydrogen-bond acceptors (Lipinski definition) is 4. The number of nitrogens with two attached hydrogens (primary N) is 1. The van der Waals surface area contributed by atoms with Crippen LogP contribution in [-0.4, -0.2) is 27.2 Å². The Morgan fingerprint density at radius 2 is 2.00 bits per heavy atom. The number of hydrogen-bond donors (Lipinski definition) is 3. The van der Waals surface area contributed by atoms with Crippen molar-refractivity contribution in [2.45, 2.75) is 24.8 Å². The van der Waals surface area contributed by atoms with Gasteiger partial charge in [0, 0.05) is 6.20 Å². The number of carbonyl (C=O) groups excluding carboxylic acids is 1. The number of carbonyl (C=O) groups is 1. The van der Waals surface area contributed by atoms with Crippen LogP contribution in [-0.2, 0) is 11.0 Å². The SMILES string of the molecule is NC(=O)CC(O)C(O)c1ccc(C(F)(F)F)cn1. The van der Waals surface area contributed by atoms with Gasteiger partial charge in [-0.1, -0.05) is 0 Å². The summed E-state index contributed by atoms with van der Waals surface area (Å²) in [7, 11) is 0. The monoisotopic (exact) mass is 264 g/mol. The Balaban J connectivity index is 2.82. The van der Waals surface area contributed by atoms with Gasteiger partial charge in [-0.2, -0.15) is 13.2 Å². The number of nitrogens with zero attached hydrogens (tertiary/aromatic N) is 1. The Bertz CT molecular complexity index is 419. The first-order valence-corrected chi connectivity index (χ1v) is 4.89. The molecule has 1 aromatic heterocycles. The van der Waals surface area contributed by atoms with Gasteiger partial charge in [0.1, 0.15) is 6.10 Å². The number of aliphatic hydroxyl groups excluding tert-OH is 2. The highest BCUT2D eigenvalue weighted by Crippen LogP contribution is 2.29. The van der Waals surface area contributed by atoms with E-state index in [0.717, 1.165) is 12.1 Å². The van der Waals surface area contributed by atoms with E-state index in [1.54, 1.807) is 0 Å². The maximum absolute atomic E-state index is 12.2. The average molecular weight is 264 g/mol. The van der Waals surface area contributed by atoms with Gasteiger partial charge >= 0.3 is 6.18 Å². The van der Waals surface area contributed by atoms with Gasteiger partial charge in [0.25, 0.3) is 0 Å². The molecule has 0 aliphatic carbocycles. The lowest BCUT2D eigenvalue weighted by Crippen LogP contribution is -2.26. The molecule has 0 saturated carbocycles. The van der Waals surface area contributed by atoms with Gasteiger partial charge in [0.05, 0.1) is 23.8 Å². The summed E-state index contributed by atoms with van der Waals surface area (Å²) in [5.41, 5.74) is 3.67. The molecule has 0 radical (unpaired) electrons. The molecule has 2 unspecified atom stereocenters. The van der Waals surface area contributed by atoms with Crippen LogP contribution in [0.25, 0.3) is 0 Å². The predicted molar refractivity (Wildman–Crippen MR) is 54.0 cm³/mol. The molecule has 2 atom stereocenters. The zero-order valence-corrected chi connectivity index (χ0v) is 9.05. The summed E-state index contributed by atoms with van der Waals surface area (Å²) in [6.07, 6.45) is -7.58. The number of halogens is 3. The van der Waals surface area contributed by atoms with Crippen LogP contribution in [0, 0.1) is 0 Å². The van der Waals surface area contributed by atoms with Crippen LogP contribution in [0.4, 0.5) is 13.2 Å². The third-order valence-electron chi connectivity index (χ3n) is 2.19. The number of aliphatic hydroxyl groups is 2. The molecule has 1 aromatic rings. The quantitative estimate of drug-likeness (QED) is 0.732. The number of alkyl halides is 3. The molecule has 5 nitrogen and oxygen atoms in total. The highest BCUT2D eigenvalue weighted by atomic mass is 19.4. The molecule has 1 amide bonds. The van der Waals surface area contributed by atoms with Crippen molar-refractivity contribution < 1.29 is 28.2 Å². The number of aromatic nitrogens is 1. The molecule has 0 spiro atoms. The standard InChI is InChI=1S/C10H11F3N2O3/c11-10(12,13)5-1-2-6(15-4-5)9(18)7(16)3-8(14)17/h1-2,4,7,9,16,18H,3H2,(H2,14,17). The molecule has 8 heteroatoms. The van der Waals surface area contributed by atoms with E-state index in [0.29, 0.717) is 6.20 Å². The first-order valence-electron chi connectivity index (χ1n) is 4.89. The normalized spacial score (nSPS) is 15.2. The van der Waals surface area contributed by atoms with Gasteiger partial charge in [-0.15, -0.1) is 0 Å². The van der Waals surface area contributed by atoms with E-state index in [4.69, 9.17) is 5.73 Å². The maximum Gasteiger partial charge on any atom is 0.417 e. The van der Waals surface area contributed by atoms with Gasteiger partial charge in [-0.3, -0.25) is 9.78 Å². The van der Waals surface area contributed by atoms with E-state index in [-0.39, 0.29) is 5.69 Å². The summed E-state index contributed by atoms with van der Waals surface area (Å²) in [4.78, 5) is 13.9. The van der Waals surface area contributed by atoms with E-state index in [9.17, 15) is 28.2 Å². The summed E-state index contributed by atoms with van der Waals surface area (Å²) < 4.78 is 36.7. The van der Waals surface area contributed by atoms with Crippen molar-refractivity contribution >= 4 is 5.91 Å². The molecule has 0 aromatic carbocycles. The highest BCUT2D eigenvalue weighted by Gasteiger charge is 2.31. The Kier molecular flexibility index (Phi) is 4.25. The molecule has 18 heavy (non-hydrogen) atoms. The Morgan fingerprint density at radius 3 is 2.39 bits per heavy atom. The third kappa shape index (κ3) is 3.67. The summed E-state index contributed by atoms with van der Waals surface area (Å²) in [6.45, 7) is 0. The van der Waals surface area contributed by atoms with Crippen molar-refractivity contribution in [2.24, 2.45) is 5.73 Å². The number of primary amides is 1. The van der Waals surface area contributed by atoms with Crippen molar-refractivity contribution in [2.75, 3.05) is 0 Å². The van der Waals surface area contributed by atoms with Gasteiger partial charge < -0.3 is 15.9 Å². The first kappa shape index (κ1) is 14.4. The Morgan fingerprint density at radius 1 is 1.39 bits per heavy atom. The van der Waals surface area contributed by atoms with Gasteiger partial charge in [-0.25, -0.2) is 0 Å². The molecular weight excluding hydrogens is 253 g/mol. The second kappa shape index (κ2) is 5.32. The molecule has 0 bridgehead atoms. The first-order chi connectivity index (χ1) is 8.21. The minimum Gasteiger partial charge on any atom is -0.389 e. The van der Waals surface area contributed by atoms with Crippen LogP contribution >= 0.6 is 0 Å². The second-order valence-corrected chi connectivity index (χ2v) is 3.65. The lowest BCUT2D eigenvalue weighted by Gasteiger charge is -2.16. The van der Waals surface area contributed by atoms with Crippen LogP contribution in [0.2, 0.25) is 0 Å². The zero-order valence-electron chi connectivity index (χ0n) is 9.05. The van der Waals surface area contributed by atoms with Crippen molar-refractivity contribution in [3.8, 4) is 0 Å². The largest absolute Gasteiger partial charge is 0.417 e. The van der Waals surface area contributed by atoms with Crippen LogP contribution in [0.3, 0.4) is 0 Å². The third-order valence-corrected chi connectivity index (χ3v) is 2.19. The lowest BCUT2D eigenvalue weighted by molar-refractivity contribution is -0.137. The minimum absolute atomic E-state index is 0.170. The maximum atomic E-state index is 12.2. The van der Waals surface area contributed by atoms with Crippen LogP contribution in [0.1, 0.15) is 23.8 Å². The van der Waals surface area contributed by atoms with Gasteiger partial charge in [0.15, 0.2) is 0 Å². The fourth-order valence-corrected chi connectivity index (χ4v) is 1.26. The highest BCUT2D eigenvalue weighted by molar-refractivity contribution is 5.74. The van der Waals surface area contributed by atoms with E-state index >= 15 is 0 Å². The summed E-state index contributed by atoms with van der Waals surface area (Å²) >= 11 is 0. The van der Waals surface area contributed by atoms with Crippen molar-refractivity contribution in [1.82, 2.24) is 4.98 Å². The molecule has 1 rings (SSSR count). The number of amides is 1. The van der Waals surface area contributed by atoms with E-state index in [1.807, 2.05) is 0 Å². The minimum atomic E-state index is -4.53. The topological polar surface area (TPSA) is 96.4 Å². The molecule has 0 aliphatic heterocycles. The molecule has 4 N–H and O–H groups in total. The van der Waals surface area contributed by atoms with Crippen molar-refractivity contribution in [3.05, 3.63) is 29.6 Å². The fraction of sp³-hybridized carbons (Fsp3) is 0.400. The lowest BCUT2D eigenvalue weighted by atomic mass is 10.1.